The van der Waals surface area contributed by atoms with Crippen molar-refractivity contribution < 1.29 is 23.8 Å². The molecule has 0 atom stereocenters. The average molecular weight is 402 g/mol. The van der Waals surface area contributed by atoms with Gasteiger partial charge in [0.15, 0.2) is 0 Å². The molecule has 150 valence electrons. The maximum Gasteiger partial charge on any atom is 0.373 e. The third-order valence-electron chi connectivity index (χ3n) is 4.64. The van der Waals surface area contributed by atoms with Crippen LogP contribution in [0, 0.1) is 0 Å². The average Bonchev–Trinajstić information content (AvgIpc) is 3.37. The first-order chi connectivity index (χ1) is 14.5. The number of ether oxygens (including phenoxy) is 1. The predicted molar refractivity (Wildman–Crippen MR) is 112 cm³/mol. The van der Waals surface area contributed by atoms with Gasteiger partial charge in [-0.3, -0.25) is 4.99 Å². The van der Waals surface area contributed by atoms with Crippen molar-refractivity contribution in [1.82, 2.24) is 4.57 Å². The van der Waals surface area contributed by atoms with Crippen molar-refractivity contribution in [3.63, 3.8) is 0 Å². The van der Waals surface area contributed by atoms with Crippen LogP contribution in [0.15, 0.2) is 76.3 Å². The van der Waals surface area contributed by atoms with Crippen LogP contribution in [-0.4, -0.2) is 34.9 Å². The summed E-state index contributed by atoms with van der Waals surface area (Å²) in [5, 5.41) is 10.1. The maximum atomic E-state index is 11.6. The van der Waals surface area contributed by atoms with Gasteiger partial charge in [-0.05, 0) is 36.4 Å². The van der Waals surface area contributed by atoms with Crippen LogP contribution in [0.5, 0.6) is 0 Å². The number of hydrogen-bond donors (Lipinski definition) is 1. The Kier molecular flexibility index (Phi) is 5.17. The van der Waals surface area contributed by atoms with Gasteiger partial charge in [0.05, 0.1) is 24.9 Å². The highest BCUT2D eigenvalue weighted by atomic mass is 16.5. The third-order valence-corrected chi connectivity index (χ3v) is 4.64. The molecule has 0 bridgehead atoms. The zero-order valence-electron chi connectivity index (χ0n) is 16.1. The Morgan fingerprint density at radius 3 is 2.77 bits per heavy atom. The number of aromatic carboxylic acids is 1. The smallest absolute Gasteiger partial charge is 0.373 e. The molecule has 4 aromatic rings. The summed E-state index contributed by atoms with van der Waals surface area (Å²) in [6.07, 6.45) is 3.65. The first-order valence-corrected chi connectivity index (χ1v) is 9.17. The second-order valence-corrected chi connectivity index (χ2v) is 6.60. The molecule has 1 N–H and O–H groups in total. The highest BCUT2D eigenvalue weighted by molar-refractivity contribution is 6.00. The van der Waals surface area contributed by atoms with Crippen LogP contribution in [0.3, 0.4) is 0 Å². The van der Waals surface area contributed by atoms with Crippen molar-refractivity contribution in [1.29, 1.82) is 0 Å². The topological polar surface area (TPSA) is 94.0 Å². The minimum absolute atomic E-state index is 0.157. The Labute approximate surface area is 171 Å². The molecule has 2 aromatic carbocycles. The number of nitrogens with zero attached hydrogens (tertiary/aromatic N) is 2. The van der Waals surface area contributed by atoms with E-state index in [0.29, 0.717) is 18.0 Å². The van der Waals surface area contributed by atoms with Gasteiger partial charge in [-0.15, -0.1) is 0 Å². The summed E-state index contributed by atoms with van der Waals surface area (Å²) in [5.41, 5.74) is 2.60. The van der Waals surface area contributed by atoms with Crippen LogP contribution >= 0.6 is 0 Å². The standard InChI is InChI=1S/C23H18N2O5/c1-29-23(28)21-10-9-18(30-21)14-25-13-16(19-7-2-3-8-20(19)25)12-24-17-6-4-5-15(11-17)22(26)27/h2-13H,14H2,1H3,(H,26,27). The van der Waals surface area contributed by atoms with Crippen molar-refractivity contribution in [3.8, 4) is 0 Å². The number of furan rings is 1. The molecule has 7 heteroatoms. The number of carboxylic acids is 1. The molecule has 7 nitrogen and oxygen atoms in total. The number of aliphatic imine (C=N–C) groups is 1. The number of fused-ring (bicyclic) bond motifs is 1. The van der Waals surface area contributed by atoms with Gasteiger partial charge in [0.1, 0.15) is 5.76 Å². The molecule has 4 rings (SSSR count). The Morgan fingerprint density at radius 2 is 1.97 bits per heavy atom. The lowest BCUT2D eigenvalue weighted by molar-refractivity contribution is 0.0562. The maximum absolute atomic E-state index is 11.6. The SMILES string of the molecule is COC(=O)c1ccc(Cn2cc(C=Nc3cccc(C(=O)O)c3)c3ccccc32)o1. The van der Waals surface area contributed by atoms with Gasteiger partial charge >= 0.3 is 11.9 Å². The monoisotopic (exact) mass is 402 g/mol. The van der Waals surface area contributed by atoms with Crippen molar-refractivity contribution in [2.45, 2.75) is 6.54 Å². The summed E-state index contributed by atoms with van der Waals surface area (Å²) in [7, 11) is 1.31. The van der Waals surface area contributed by atoms with E-state index in [9.17, 15) is 9.59 Å². The Balaban J connectivity index is 1.65. The van der Waals surface area contributed by atoms with Gasteiger partial charge in [0.2, 0.25) is 5.76 Å². The van der Waals surface area contributed by atoms with Gasteiger partial charge in [-0.2, -0.15) is 0 Å². The molecule has 0 saturated carbocycles. The highest BCUT2D eigenvalue weighted by Gasteiger charge is 2.13. The minimum atomic E-state index is -0.992. The van der Waals surface area contributed by atoms with E-state index < -0.39 is 11.9 Å². The molecule has 0 spiro atoms. The van der Waals surface area contributed by atoms with E-state index in [1.54, 1.807) is 30.5 Å². The number of carboxylic acid groups (broad SMARTS) is 1. The normalized spacial score (nSPS) is 11.2. The van der Waals surface area contributed by atoms with Crippen LogP contribution in [0.2, 0.25) is 0 Å². The van der Waals surface area contributed by atoms with Crippen LogP contribution in [0.25, 0.3) is 10.9 Å². The predicted octanol–water partition coefficient (Wildman–Crippen LogP) is 4.52. The Hall–Kier alpha value is -4.13. The second-order valence-electron chi connectivity index (χ2n) is 6.60. The van der Waals surface area contributed by atoms with E-state index in [2.05, 4.69) is 9.73 Å². The molecule has 0 amide bonds. The summed E-state index contributed by atoms with van der Waals surface area (Å²) in [6.45, 7) is 0.430. The number of benzene rings is 2. The summed E-state index contributed by atoms with van der Waals surface area (Å²) >= 11 is 0. The van der Waals surface area contributed by atoms with Crippen LogP contribution in [0.1, 0.15) is 32.2 Å². The summed E-state index contributed by atoms with van der Waals surface area (Å²) in [6, 6.07) is 17.7. The van der Waals surface area contributed by atoms with Gasteiger partial charge in [-0.1, -0.05) is 24.3 Å². The zero-order chi connectivity index (χ0) is 21.1. The lowest BCUT2D eigenvalue weighted by Crippen LogP contribution is -1.99. The van der Waals surface area contributed by atoms with Gasteiger partial charge in [0.25, 0.3) is 0 Å². The zero-order valence-corrected chi connectivity index (χ0v) is 16.1. The van der Waals surface area contributed by atoms with Crippen LogP contribution in [0.4, 0.5) is 5.69 Å². The Bertz CT molecular complexity index is 1270. The van der Waals surface area contributed by atoms with Crippen LogP contribution < -0.4 is 0 Å². The van der Waals surface area contributed by atoms with E-state index in [4.69, 9.17) is 9.52 Å². The van der Waals surface area contributed by atoms with Crippen molar-refractivity contribution in [3.05, 3.63) is 89.5 Å². The molecular formula is C23H18N2O5. The number of esters is 1. The highest BCUT2D eigenvalue weighted by Crippen LogP contribution is 2.23. The number of aromatic nitrogens is 1. The number of rotatable bonds is 6. The van der Waals surface area contributed by atoms with Gasteiger partial charge in [-0.25, -0.2) is 9.59 Å². The lowest BCUT2D eigenvalue weighted by atomic mass is 10.2. The Morgan fingerprint density at radius 1 is 1.13 bits per heavy atom. The quantitative estimate of drug-likeness (QED) is 0.378. The summed E-state index contributed by atoms with van der Waals surface area (Å²) < 4.78 is 12.3. The number of methoxy groups -OCH3 is 1. The van der Waals surface area contributed by atoms with E-state index in [-0.39, 0.29) is 11.3 Å². The molecule has 0 aliphatic rings. The van der Waals surface area contributed by atoms with Gasteiger partial charge < -0.3 is 18.8 Å². The van der Waals surface area contributed by atoms with E-state index in [1.165, 1.54) is 19.2 Å². The van der Waals surface area contributed by atoms with Crippen molar-refractivity contribution in [2.24, 2.45) is 4.99 Å². The molecule has 0 unspecified atom stereocenters. The summed E-state index contributed by atoms with van der Waals surface area (Å²) in [4.78, 5) is 27.2. The van der Waals surface area contributed by atoms with Crippen molar-refractivity contribution in [2.75, 3.05) is 7.11 Å². The molecule has 2 aromatic heterocycles. The fourth-order valence-corrected chi connectivity index (χ4v) is 3.21. The van der Waals surface area contributed by atoms with Crippen LogP contribution in [-0.2, 0) is 11.3 Å². The minimum Gasteiger partial charge on any atom is -0.478 e. The van der Waals surface area contributed by atoms with E-state index >= 15 is 0 Å². The molecule has 0 aliphatic heterocycles. The largest absolute Gasteiger partial charge is 0.478 e. The summed E-state index contributed by atoms with van der Waals surface area (Å²) in [5.74, 6) is -0.735. The number of para-hydroxylation sites is 1. The fourth-order valence-electron chi connectivity index (χ4n) is 3.21. The van der Waals surface area contributed by atoms with E-state index in [0.717, 1.165) is 16.5 Å². The van der Waals surface area contributed by atoms with E-state index in [1.807, 2.05) is 35.0 Å². The molecule has 30 heavy (non-hydrogen) atoms. The molecule has 0 radical (unpaired) electrons. The molecular weight excluding hydrogens is 384 g/mol. The number of carbonyl (C=O) groups excluding carboxylic acids is 1. The molecule has 0 fully saturated rings. The second kappa shape index (κ2) is 8.08. The lowest BCUT2D eigenvalue weighted by Gasteiger charge is -2.02. The van der Waals surface area contributed by atoms with Crippen molar-refractivity contribution >= 4 is 34.7 Å². The molecule has 0 saturated heterocycles. The number of hydrogen-bond acceptors (Lipinski definition) is 5. The molecule has 0 aliphatic carbocycles. The first kappa shape index (κ1) is 19.2. The fraction of sp³-hybridized carbons (Fsp3) is 0.0870. The number of carbonyl (C=O) groups is 2. The third kappa shape index (κ3) is 3.86. The first-order valence-electron chi connectivity index (χ1n) is 9.17. The molecule has 2 heterocycles. The van der Waals surface area contributed by atoms with Gasteiger partial charge in [0, 0.05) is 28.9 Å².